The van der Waals surface area contributed by atoms with Crippen molar-refractivity contribution in [1.29, 1.82) is 0 Å². The molecule has 116 valence electrons. The average Bonchev–Trinajstić information content (AvgIpc) is 2.42. The minimum Gasteiger partial charge on any atom is -0.500 e. The predicted octanol–water partition coefficient (Wildman–Crippen LogP) is 3.99. The zero-order valence-electron chi connectivity index (χ0n) is 12.7. The molecule has 1 atom stereocenters. The van der Waals surface area contributed by atoms with Gasteiger partial charge in [-0.25, -0.2) is 8.42 Å². The molecule has 0 spiro atoms. The van der Waals surface area contributed by atoms with Crippen molar-refractivity contribution in [3.05, 3.63) is 11.8 Å². The summed E-state index contributed by atoms with van der Waals surface area (Å²) >= 11 is 0. The Kier molecular flexibility index (Phi) is 5.53. The van der Waals surface area contributed by atoms with Crippen molar-refractivity contribution < 1.29 is 13.2 Å². The van der Waals surface area contributed by atoms with E-state index in [9.17, 15) is 8.42 Å². The van der Waals surface area contributed by atoms with Crippen LogP contribution in [-0.2, 0) is 14.6 Å². The van der Waals surface area contributed by atoms with Crippen LogP contribution in [0, 0.1) is 0 Å². The van der Waals surface area contributed by atoms with Gasteiger partial charge in [-0.1, -0.05) is 25.7 Å². The molecule has 3 nitrogen and oxygen atoms in total. The van der Waals surface area contributed by atoms with Crippen LogP contribution in [0.5, 0.6) is 0 Å². The summed E-state index contributed by atoms with van der Waals surface area (Å²) in [6.07, 6.45) is 12.6. The number of ether oxygens (including phenoxy) is 1. The quantitative estimate of drug-likeness (QED) is 0.740. The van der Waals surface area contributed by atoms with Crippen LogP contribution in [0.25, 0.3) is 0 Å². The summed E-state index contributed by atoms with van der Waals surface area (Å²) < 4.78 is 29.9. The standard InChI is InChI=1S/C16H28O3S/c1-16(11-7-2-3-8-12-20(16,17)18)14-19-13-15-9-5-4-6-10-15/h13H,2-12,14H2,1H3. The van der Waals surface area contributed by atoms with Crippen LogP contribution in [0.1, 0.15) is 71.1 Å². The molecule has 20 heavy (non-hydrogen) atoms. The number of sulfone groups is 1. The molecule has 1 unspecified atom stereocenters. The normalized spacial score (nSPS) is 31.1. The van der Waals surface area contributed by atoms with Crippen molar-refractivity contribution in [2.75, 3.05) is 12.4 Å². The van der Waals surface area contributed by atoms with Gasteiger partial charge in [0.15, 0.2) is 9.84 Å². The maximum atomic E-state index is 12.5. The Morgan fingerprint density at radius 1 is 1.05 bits per heavy atom. The fraction of sp³-hybridized carbons (Fsp3) is 0.875. The molecular weight excluding hydrogens is 272 g/mol. The van der Waals surface area contributed by atoms with Crippen LogP contribution in [0.2, 0.25) is 0 Å². The van der Waals surface area contributed by atoms with Crippen molar-refractivity contribution >= 4 is 9.84 Å². The molecule has 1 aliphatic heterocycles. The first-order valence-electron chi connectivity index (χ1n) is 8.05. The second-order valence-electron chi connectivity index (χ2n) is 6.58. The lowest BCUT2D eigenvalue weighted by atomic mass is 9.96. The Labute approximate surface area is 123 Å². The third kappa shape index (κ3) is 4.00. The maximum Gasteiger partial charge on any atom is 0.159 e. The molecule has 1 aliphatic carbocycles. The Bertz CT molecular complexity index is 431. The third-order valence-electron chi connectivity index (χ3n) is 4.75. The molecule has 0 N–H and O–H groups in total. The van der Waals surface area contributed by atoms with Crippen LogP contribution in [-0.4, -0.2) is 25.5 Å². The average molecular weight is 300 g/mol. The summed E-state index contributed by atoms with van der Waals surface area (Å²) in [6.45, 7) is 2.19. The van der Waals surface area contributed by atoms with Crippen LogP contribution < -0.4 is 0 Å². The van der Waals surface area contributed by atoms with Crippen molar-refractivity contribution in [3.63, 3.8) is 0 Å². The zero-order chi connectivity index (χ0) is 14.5. The van der Waals surface area contributed by atoms with E-state index in [1.165, 1.54) is 24.8 Å². The molecular formula is C16H28O3S. The number of hydrogen-bond donors (Lipinski definition) is 0. The molecule has 2 fully saturated rings. The summed E-state index contributed by atoms with van der Waals surface area (Å²) in [4.78, 5) is 0. The molecule has 1 saturated heterocycles. The molecule has 2 aliphatic rings. The third-order valence-corrected chi connectivity index (χ3v) is 7.40. The highest BCUT2D eigenvalue weighted by molar-refractivity contribution is 7.92. The van der Waals surface area contributed by atoms with Crippen molar-refractivity contribution in [3.8, 4) is 0 Å². The largest absolute Gasteiger partial charge is 0.500 e. The van der Waals surface area contributed by atoms with Crippen LogP contribution in [0.3, 0.4) is 0 Å². The van der Waals surface area contributed by atoms with E-state index in [1.54, 1.807) is 0 Å². The second-order valence-corrected chi connectivity index (χ2v) is 9.20. The predicted molar refractivity (Wildman–Crippen MR) is 82.4 cm³/mol. The molecule has 0 aromatic rings. The van der Waals surface area contributed by atoms with Crippen molar-refractivity contribution in [2.24, 2.45) is 0 Å². The van der Waals surface area contributed by atoms with Gasteiger partial charge < -0.3 is 4.74 Å². The van der Waals surface area contributed by atoms with E-state index >= 15 is 0 Å². The van der Waals surface area contributed by atoms with Gasteiger partial charge in [0, 0.05) is 0 Å². The minimum atomic E-state index is -3.04. The summed E-state index contributed by atoms with van der Waals surface area (Å²) in [6, 6.07) is 0. The van der Waals surface area contributed by atoms with Crippen LogP contribution in [0.15, 0.2) is 11.8 Å². The van der Waals surface area contributed by atoms with E-state index in [-0.39, 0.29) is 0 Å². The minimum absolute atomic E-state index is 0.318. The van der Waals surface area contributed by atoms with Gasteiger partial charge in [0.2, 0.25) is 0 Å². The highest BCUT2D eigenvalue weighted by Crippen LogP contribution is 2.30. The number of rotatable bonds is 3. The molecule has 4 heteroatoms. The van der Waals surface area contributed by atoms with E-state index < -0.39 is 14.6 Å². The molecule has 1 saturated carbocycles. The Morgan fingerprint density at radius 3 is 2.45 bits per heavy atom. The zero-order valence-corrected chi connectivity index (χ0v) is 13.5. The van der Waals surface area contributed by atoms with Gasteiger partial charge in [-0.05, 0) is 51.0 Å². The lowest BCUT2D eigenvalue weighted by Gasteiger charge is -2.30. The highest BCUT2D eigenvalue weighted by atomic mass is 32.2. The van der Waals surface area contributed by atoms with Crippen molar-refractivity contribution in [1.82, 2.24) is 0 Å². The molecule has 0 radical (unpaired) electrons. The van der Waals surface area contributed by atoms with Gasteiger partial charge in [-0.2, -0.15) is 0 Å². The monoisotopic (exact) mass is 300 g/mol. The lowest BCUT2D eigenvalue weighted by Crippen LogP contribution is -2.42. The van der Waals surface area contributed by atoms with E-state index in [4.69, 9.17) is 4.74 Å². The van der Waals surface area contributed by atoms with Gasteiger partial charge in [0.25, 0.3) is 0 Å². The topological polar surface area (TPSA) is 43.4 Å². The van der Waals surface area contributed by atoms with Gasteiger partial charge >= 0.3 is 0 Å². The summed E-state index contributed by atoms with van der Waals surface area (Å²) in [5, 5.41) is 0. The van der Waals surface area contributed by atoms with E-state index in [2.05, 4.69) is 0 Å². The lowest BCUT2D eigenvalue weighted by molar-refractivity contribution is 0.201. The Morgan fingerprint density at radius 2 is 1.70 bits per heavy atom. The van der Waals surface area contributed by atoms with E-state index in [0.717, 1.165) is 44.9 Å². The summed E-state index contributed by atoms with van der Waals surface area (Å²) in [5.74, 6) is 0.323. The SMILES string of the molecule is CC1(COC=C2CCCCC2)CCCCCCS1(=O)=O. The first-order chi connectivity index (χ1) is 9.54. The fourth-order valence-corrected chi connectivity index (χ4v) is 4.95. The van der Waals surface area contributed by atoms with Gasteiger partial charge in [0.05, 0.1) is 12.0 Å². The Hall–Kier alpha value is -0.510. The van der Waals surface area contributed by atoms with Gasteiger partial charge in [-0.15, -0.1) is 0 Å². The molecule has 1 heterocycles. The van der Waals surface area contributed by atoms with Crippen LogP contribution >= 0.6 is 0 Å². The van der Waals surface area contributed by atoms with Crippen molar-refractivity contribution in [2.45, 2.75) is 75.9 Å². The molecule has 0 aromatic carbocycles. The molecule has 0 aromatic heterocycles. The smallest absolute Gasteiger partial charge is 0.159 e. The molecule has 0 amide bonds. The fourth-order valence-electron chi connectivity index (χ4n) is 3.17. The highest BCUT2D eigenvalue weighted by Gasteiger charge is 2.39. The van der Waals surface area contributed by atoms with Gasteiger partial charge in [-0.3, -0.25) is 0 Å². The molecule has 0 bridgehead atoms. The molecule has 2 rings (SSSR count). The first kappa shape index (κ1) is 15.9. The number of hydrogen-bond acceptors (Lipinski definition) is 3. The number of allylic oxidation sites excluding steroid dienone is 1. The summed E-state index contributed by atoms with van der Waals surface area (Å²) in [5.41, 5.74) is 1.35. The second kappa shape index (κ2) is 6.97. The van der Waals surface area contributed by atoms with Gasteiger partial charge in [0.1, 0.15) is 11.4 Å². The first-order valence-corrected chi connectivity index (χ1v) is 9.71. The van der Waals surface area contributed by atoms with E-state index in [1.807, 2.05) is 13.2 Å². The summed E-state index contributed by atoms with van der Waals surface area (Å²) in [7, 11) is -3.04. The maximum absolute atomic E-state index is 12.5. The van der Waals surface area contributed by atoms with Crippen LogP contribution in [0.4, 0.5) is 0 Å². The van der Waals surface area contributed by atoms with E-state index in [0.29, 0.717) is 12.4 Å². The Balaban J connectivity index is 1.96.